The molecule has 0 aliphatic carbocycles. The quantitative estimate of drug-likeness (QED) is 0.808. The van der Waals surface area contributed by atoms with Crippen molar-refractivity contribution in [1.29, 1.82) is 0 Å². The Labute approximate surface area is 107 Å². The maximum Gasteiger partial charge on any atom is 0.192 e. The summed E-state index contributed by atoms with van der Waals surface area (Å²) < 4.78 is 6.17. The number of hydrogen-bond donors (Lipinski definition) is 1. The number of hydrogen-bond acceptors (Lipinski definition) is 2. The molecule has 0 saturated carbocycles. The largest absolute Gasteiger partial charge is 0.413 e. The van der Waals surface area contributed by atoms with Crippen LogP contribution in [0.1, 0.15) is 26.3 Å². The molecule has 0 radical (unpaired) electrons. The molecular formula is C14H25NOSi. The Balaban J connectivity index is 2.61. The minimum absolute atomic E-state index is 0.276. The Morgan fingerprint density at radius 3 is 2.06 bits per heavy atom. The van der Waals surface area contributed by atoms with Crippen LogP contribution in [0.25, 0.3) is 0 Å². The van der Waals surface area contributed by atoms with Crippen molar-refractivity contribution in [3.8, 4) is 0 Å². The molecule has 0 spiro atoms. The van der Waals surface area contributed by atoms with Crippen molar-refractivity contribution in [3.63, 3.8) is 0 Å². The minimum Gasteiger partial charge on any atom is -0.413 e. The molecular weight excluding hydrogens is 226 g/mol. The smallest absolute Gasteiger partial charge is 0.192 e. The van der Waals surface area contributed by atoms with E-state index in [4.69, 9.17) is 4.43 Å². The summed E-state index contributed by atoms with van der Waals surface area (Å²) in [6.45, 7) is 12.1. The van der Waals surface area contributed by atoms with Gasteiger partial charge in [0.05, 0.1) is 6.61 Å². The van der Waals surface area contributed by atoms with E-state index >= 15 is 0 Å². The molecule has 0 heterocycles. The van der Waals surface area contributed by atoms with Crippen molar-refractivity contribution in [2.45, 2.75) is 45.5 Å². The van der Waals surface area contributed by atoms with E-state index in [1.54, 1.807) is 0 Å². The van der Waals surface area contributed by atoms with Crippen molar-refractivity contribution in [1.82, 2.24) is 0 Å². The zero-order valence-electron chi connectivity index (χ0n) is 11.9. The van der Waals surface area contributed by atoms with Crippen LogP contribution < -0.4 is 5.32 Å². The molecule has 0 aliphatic rings. The molecule has 1 aromatic carbocycles. The summed E-state index contributed by atoms with van der Waals surface area (Å²) in [5, 5.41) is 3.39. The molecule has 0 aromatic heterocycles. The van der Waals surface area contributed by atoms with Gasteiger partial charge in [0.2, 0.25) is 0 Å². The minimum atomic E-state index is -1.63. The van der Waals surface area contributed by atoms with Crippen LogP contribution in [0.2, 0.25) is 18.1 Å². The van der Waals surface area contributed by atoms with Crippen molar-refractivity contribution in [2.75, 3.05) is 12.4 Å². The zero-order valence-corrected chi connectivity index (χ0v) is 12.9. The second-order valence-electron chi connectivity index (χ2n) is 6.00. The first-order valence-corrected chi connectivity index (χ1v) is 9.08. The van der Waals surface area contributed by atoms with E-state index in [0.717, 1.165) is 12.3 Å². The van der Waals surface area contributed by atoms with Gasteiger partial charge in [0.25, 0.3) is 0 Å². The standard InChI is InChI=1S/C14H25NOSi/c1-14(2,3)17(5,6)16-11-12-7-9-13(15-4)10-8-12/h7-10,15H,11H2,1-6H3. The van der Waals surface area contributed by atoms with E-state index in [1.807, 2.05) is 7.05 Å². The van der Waals surface area contributed by atoms with Gasteiger partial charge in [-0.1, -0.05) is 32.9 Å². The lowest BCUT2D eigenvalue weighted by atomic mass is 10.2. The summed E-state index contributed by atoms with van der Waals surface area (Å²) in [4.78, 5) is 0. The predicted octanol–water partition coefficient (Wildman–Crippen LogP) is 4.25. The van der Waals surface area contributed by atoms with Gasteiger partial charge >= 0.3 is 0 Å². The van der Waals surface area contributed by atoms with Crippen LogP contribution in [0, 0.1) is 0 Å². The molecule has 0 aliphatic heterocycles. The SMILES string of the molecule is CNc1ccc(CO[Si](C)(C)C(C)(C)C)cc1. The second-order valence-corrected chi connectivity index (χ2v) is 10.8. The van der Waals surface area contributed by atoms with Crippen LogP contribution in [0.3, 0.4) is 0 Å². The van der Waals surface area contributed by atoms with Crippen LogP contribution in [-0.4, -0.2) is 15.4 Å². The summed E-state index contributed by atoms with van der Waals surface area (Å²) in [5.41, 5.74) is 2.38. The highest BCUT2D eigenvalue weighted by Gasteiger charge is 2.36. The monoisotopic (exact) mass is 251 g/mol. The van der Waals surface area contributed by atoms with Crippen molar-refractivity contribution in [2.24, 2.45) is 0 Å². The number of nitrogens with one attached hydrogen (secondary N) is 1. The fourth-order valence-electron chi connectivity index (χ4n) is 1.25. The van der Waals surface area contributed by atoms with E-state index in [1.165, 1.54) is 5.56 Å². The third-order valence-corrected chi connectivity index (χ3v) is 8.13. The van der Waals surface area contributed by atoms with Gasteiger partial charge in [0.1, 0.15) is 0 Å². The fraction of sp³-hybridized carbons (Fsp3) is 0.571. The molecule has 0 bridgehead atoms. The van der Waals surface area contributed by atoms with Gasteiger partial charge in [0.15, 0.2) is 8.32 Å². The average molecular weight is 251 g/mol. The molecule has 0 fully saturated rings. The molecule has 96 valence electrons. The van der Waals surface area contributed by atoms with Gasteiger partial charge in [-0.3, -0.25) is 0 Å². The zero-order chi connectivity index (χ0) is 13.1. The van der Waals surface area contributed by atoms with E-state index in [9.17, 15) is 0 Å². The molecule has 0 unspecified atom stereocenters. The van der Waals surface area contributed by atoms with Gasteiger partial charge in [-0.25, -0.2) is 0 Å². The van der Waals surface area contributed by atoms with Crippen molar-refractivity contribution >= 4 is 14.0 Å². The summed E-state index contributed by atoms with van der Waals surface area (Å²) in [5.74, 6) is 0. The number of benzene rings is 1. The summed E-state index contributed by atoms with van der Waals surface area (Å²) >= 11 is 0. The fourth-order valence-corrected chi connectivity index (χ4v) is 2.21. The Kier molecular flexibility index (Phi) is 4.39. The molecule has 1 aromatic rings. The first-order chi connectivity index (χ1) is 7.76. The van der Waals surface area contributed by atoms with E-state index in [0.29, 0.717) is 0 Å². The molecule has 0 saturated heterocycles. The Bertz CT molecular complexity index is 351. The molecule has 1 N–H and O–H groups in total. The van der Waals surface area contributed by atoms with Crippen LogP contribution in [0.15, 0.2) is 24.3 Å². The summed E-state index contributed by atoms with van der Waals surface area (Å²) in [6.07, 6.45) is 0. The predicted molar refractivity (Wildman–Crippen MR) is 78.0 cm³/mol. The Morgan fingerprint density at radius 1 is 1.12 bits per heavy atom. The molecule has 1 rings (SSSR count). The lowest BCUT2D eigenvalue weighted by Crippen LogP contribution is -2.40. The Morgan fingerprint density at radius 2 is 1.65 bits per heavy atom. The molecule has 3 heteroatoms. The second kappa shape index (κ2) is 5.23. The third-order valence-electron chi connectivity index (χ3n) is 3.65. The first kappa shape index (κ1) is 14.3. The van der Waals surface area contributed by atoms with Crippen LogP contribution in [0.5, 0.6) is 0 Å². The maximum absolute atomic E-state index is 6.17. The molecule has 0 amide bonds. The highest BCUT2D eigenvalue weighted by Crippen LogP contribution is 2.37. The van der Waals surface area contributed by atoms with Gasteiger partial charge in [-0.05, 0) is 35.8 Å². The van der Waals surface area contributed by atoms with E-state index in [-0.39, 0.29) is 5.04 Å². The average Bonchev–Trinajstić information content (AvgIpc) is 2.25. The summed E-state index contributed by atoms with van der Waals surface area (Å²) in [6, 6.07) is 8.42. The molecule has 2 nitrogen and oxygen atoms in total. The van der Waals surface area contributed by atoms with Crippen LogP contribution in [0.4, 0.5) is 5.69 Å². The first-order valence-electron chi connectivity index (χ1n) is 6.17. The van der Waals surface area contributed by atoms with Gasteiger partial charge < -0.3 is 9.74 Å². The van der Waals surface area contributed by atoms with Crippen molar-refractivity contribution < 1.29 is 4.43 Å². The van der Waals surface area contributed by atoms with Gasteiger partial charge in [0, 0.05) is 12.7 Å². The lowest BCUT2D eigenvalue weighted by molar-refractivity contribution is 0.276. The molecule has 17 heavy (non-hydrogen) atoms. The van der Waals surface area contributed by atoms with Crippen molar-refractivity contribution in [3.05, 3.63) is 29.8 Å². The molecule has 0 atom stereocenters. The third kappa shape index (κ3) is 3.86. The van der Waals surface area contributed by atoms with E-state index < -0.39 is 8.32 Å². The summed E-state index contributed by atoms with van der Waals surface area (Å²) in [7, 11) is 0.306. The van der Waals surface area contributed by atoms with Gasteiger partial charge in [-0.2, -0.15) is 0 Å². The highest BCUT2D eigenvalue weighted by molar-refractivity contribution is 6.74. The normalized spacial score (nSPS) is 12.6. The topological polar surface area (TPSA) is 21.3 Å². The van der Waals surface area contributed by atoms with E-state index in [2.05, 4.69) is 63.4 Å². The highest BCUT2D eigenvalue weighted by atomic mass is 28.4. The lowest BCUT2D eigenvalue weighted by Gasteiger charge is -2.36. The maximum atomic E-state index is 6.17. The number of anilines is 1. The number of rotatable bonds is 4. The van der Waals surface area contributed by atoms with Crippen LogP contribution in [-0.2, 0) is 11.0 Å². The Hall–Kier alpha value is -0.803. The van der Waals surface area contributed by atoms with Crippen LogP contribution >= 0.6 is 0 Å². The van der Waals surface area contributed by atoms with Gasteiger partial charge in [-0.15, -0.1) is 0 Å².